The molecule has 1 saturated heterocycles. The minimum absolute atomic E-state index is 0.137. The van der Waals surface area contributed by atoms with Crippen molar-refractivity contribution in [1.82, 2.24) is 10.2 Å². The molecule has 1 atom stereocenters. The molecule has 1 N–H and O–H groups in total. The van der Waals surface area contributed by atoms with E-state index in [1.165, 1.54) is 11.8 Å². The van der Waals surface area contributed by atoms with Crippen LogP contribution < -0.4 is 5.32 Å². The molecule has 2 rings (SSSR count). The third kappa shape index (κ3) is 3.19. The van der Waals surface area contributed by atoms with E-state index in [0.717, 1.165) is 5.56 Å². The Morgan fingerprint density at radius 1 is 1.32 bits per heavy atom. The number of carbonyl (C=O) groups excluding carboxylic acids is 3. The van der Waals surface area contributed by atoms with Gasteiger partial charge in [0, 0.05) is 13.3 Å². The van der Waals surface area contributed by atoms with E-state index in [-0.39, 0.29) is 24.3 Å². The molecule has 1 aromatic carbocycles. The predicted molar refractivity (Wildman–Crippen MR) is 68.8 cm³/mol. The Labute approximate surface area is 111 Å². The minimum atomic E-state index is -0.569. The molecule has 0 aliphatic carbocycles. The van der Waals surface area contributed by atoms with Gasteiger partial charge in [0.05, 0.1) is 6.54 Å². The monoisotopic (exact) mass is 260 g/mol. The molecule has 0 radical (unpaired) electrons. The Morgan fingerprint density at radius 2 is 2.00 bits per heavy atom. The van der Waals surface area contributed by atoms with Crippen LogP contribution >= 0.6 is 0 Å². The van der Waals surface area contributed by atoms with E-state index in [2.05, 4.69) is 5.32 Å². The summed E-state index contributed by atoms with van der Waals surface area (Å²) in [5, 5.41) is 2.59. The molecule has 0 unspecified atom stereocenters. The first-order chi connectivity index (χ1) is 9.08. The Morgan fingerprint density at radius 3 is 2.53 bits per heavy atom. The maximum absolute atomic E-state index is 12.2. The highest BCUT2D eigenvalue weighted by molar-refractivity contribution is 5.99. The lowest BCUT2D eigenvalue weighted by Crippen LogP contribution is -2.46. The van der Waals surface area contributed by atoms with Crippen molar-refractivity contribution in [2.75, 3.05) is 0 Å². The van der Waals surface area contributed by atoms with Gasteiger partial charge in [-0.15, -0.1) is 0 Å². The Balaban J connectivity index is 2.10. The molecule has 0 bridgehead atoms. The van der Waals surface area contributed by atoms with Crippen LogP contribution in [0.15, 0.2) is 30.3 Å². The number of benzene rings is 1. The normalized spacial score (nSPS) is 17.9. The summed E-state index contributed by atoms with van der Waals surface area (Å²) in [5.74, 6) is -0.779. The molecule has 1 heterocycles. The Hall–Kier alpha value is -2.17. The second kappa shape index (κ2) is 5.65. The summed E-state index contributed by atoms with van der Waals surface area (Å²) < 4.78 is 0. The molecular formula is C14H16N2O3. The molecule has 1 aliphatic rings. The van der Waals surface area contributed by atoms with Crippen LogP contribution in [0, 0.1) is 0 Å². The van der Waals surface area contributed by atoms with Gasteiger partial charge in [-0.05, 0) is 12.0 Å². The van der Waals surface area contributed by atoms with Gasteiger partial charge in [0.1, 0.15) is 6.04 Å². The molecular weight excluding hydrogens is 244 g/mol. The van der Waals surface area contributed by atoms with E-state index in [9.17, 15) is 14.4 Å². The van der Waals surface area contributed by atoms with Crippen LogP contribution in [-0.4, -0.2) is 28.7 Å². The summed E-state index contributed by atoms with van der Waals surface area (Å²) in [6.45, 7) is 1.60. The van der Waals surface area contributed by atoms with Crippen molar-refractivity contribution in [3.8, 4) is 0 Å². The topological polar surface area (TPSA) is 66.5 Å². The second-order valence-electron chi connectivity index (χ2n) is 4.59. The van der Waals surface area contributed by atoms with Crippen molar-refractivity contribution in [3.63, 3.8) is 0 Å². The zero-order valence-electron chi connectivity index (χ0n) is 10.8. The fourth-order valence-corrected chi connectivity index (χ4v) is 2.10. The summed E-state index contributed by atoms with van der Waals surface area (Å²) in [4.78, 5) is 36.2. The quantitative estimate of drug-likeness (QED) is 0.875. The minimum Gasteiger partial charge on any atom is -0.344 e. The molecule has 1 aromatic rings. The van der Waals surface area contributed by atoms with Crippen molar-refractivity contribution in [2.45, 2.75) is 32.4 Å². The first-order valence-corrected chi connectivity index (χ1v) is 6.23. The third-order valence-electron chi connectivity index (χ3n) is 3.12. The van der Waals surface area contributed by atoms with Crippen LogP contribution in [0.2, 0.25) is 0 Å². The SMILES string of the molecule is CC(=O)N(Cc1ccccc1)C(=O)[C@H]1CCC(=O)N1. The van der Waals surface area contributed by atoms with Gasteiger partial charge < -0.3 is 5.32 Å². The summed E-state index contributed by atoms with van der Waals surface area (Å²) in [5.41, 5.74) is 0.885. The van der Waals surface area contributed by atoms with Crippen molar-refractivity contribution in [2.24, 2.45) is 0 Å². The fraction of sp³-hybridized carbons (Fsp3) is 0.357. The standard InChI is InChI=1S/C14H16N2O3/c1-10(17)16(9-11-5-3-2-4-6-11)14(19)12-7-8-13(18)15-12/h2-6,12H,7-9H2,1H3,(H,15,18)/t12-/m1/s1. The van der Waals surface area contributed by atoms with Crippen molar-refractivity contribution in [1.29, 1.82) is 0 Å². The number of carbonyl (C=O) groups is 3. The number of nitrogens with one attached hydrogen (secondary N) is 1. The van der Waals surface area contributed by atoms with Gasteiger partial charge in [-0.1, -0.05) is 30.3 Å². The van der Waals surface area contributed by atoms with Crippen molar-refractivity contribution in [3.05, 3.63) is 35.9 Å². The highest BCUT2D eigenvalue weighted by atomic mass is 16.2. The molecule has 3 amide bonds. The fourth-order valence-electron chi connectivity index (χ4n) is 2.10. The number of amides is 3. The third-order valence-corrected chi connectivity index (χ3v) is 3.12. The smallest absolute Gasteiger partial charge is 0.252 e. The number of nitrogens with zero attached hydrogens (tertiary/aromatic N) is 1. The molecule has 19 heavy (non-hydrogen) atoms. The van der Waals surface area contributed by atoms with Crippen LogP contribution in [0.4, 0.5) is 0 Å². The Bertz CT molecular complexity index is 499. The van der Waals surface area contributed by atoms with Crippen LogP contribution in [0.3, 0.4) is 0 Å². The average molecular weight is 260 g/mol. The second-order valence-corrected chi connectivity index (χ2v) is 4.59. The van der Waals surface area contributed by atoms with E-state index < -0.39 is 6.04 Å². The average Bonchev–Trinajstić information content (AvgIpc) is 2.83. The Kier molecular flexibility index (Phi) is 3.94. The number of rotatable bonds is 3. The van der Waals surface area contributed by atoms with E-state index in [0.29, 0.717) is 12.8 Å². The van der Waals surface area contributed by atoms with Crippen LogP contribution in [0.1, 0.15) is 25.3 Å². The molecule has 100 valence electrons. The molecule has 0 spiro atoms. The first kappa shape index (κ1) is 13.3. The van der Waals surface area contributed by atoms with E-state index in [4.69, 9.17) is 0 Å². The van der Waals surface area contributed by atoms with Crippen molar-refractivity contribution < 1.29 is 14.4 Å². The van der Waals surface area contributed by atoms with E-state index >= 15 is 0 Å². The molecule has 1 aliphatic heterocycles. The van der Waals surface area contributed by atoms with Crippen molar-refractivity contribution >= 4 is 17.7 Å². The maximum atomic E-state index is 12.2. The van der Waals surface area contributed by atoms with Gasteiger partial charge in [-0.3, -0.25) is 19.3 Å². The summed E-state index contributed by atoms with van der Waals surface area (Å²) in [7, 11) is 0. The van der Waals surface area contributed by atoms with Gasteiger partial charge in [0.25, 0.3) is 5.91 Å². The summed E-state index contributed by atoms with van der Waals surface area (Å²) in [6, 6.07) is 8.73. The summed E-state index contributed by atoms with van der Waals surface area (Å²) >= 11 is 0. The van der Waals surface area contributed by atoms with Gasteiger partial charge in [-0.25, -0.2) is 0 Å². The molecule has 0 aromatic heterocycles. The molecule has 1 fully saturated rings. The lowest BCUT2D eigenvalue weighted by atomic mass is 10.1. The predicted octanol–water partition coefficient (Wildman–Crippen LogP) is 0.840. The first-order valence-electron chi connectivity index (χ1n) is 6.23. The largest absolute Gasteiger partial charge is 0.344 e. The number of hydrogen-bond acceptors (Lipinski definition) is 3. The maximum Gasteiger partial charge on any atom is 0.252 e. The highest BCUT2D eigenvalue weighted by Gasteiger charge is 2.32. The lowest BCUT2D eigenvalue weighted by Gasteiger charge is -2.22. The van der Waals surface area contributed by atoms with Crippen LogP contribution in [0.25, 0.3) is 0 Å². The molecule has 0 saturated carbocycles. The van der Waals surface area contributed by atoms with Gasteiger partial charge >= 0.3 is 0 Å². The molecule has 5 heteroatoms. The van der Waals surface area contributed by atoms with Gasteiger partial charge in [-0.2, -0.15) is 0 Å². The zero-order chi connectivity index (χ0) is 13.8. The highest BCUT2D eigenvalue weighted by Crippen LogP contribution is 2.13. The van der Waals surface area contributed by atoms with Gasteiger partial charge in [0.2, 0.25) is 11.8 Å². The number of imide groups is 1. The van der Waals surface area contributed by atoms with Crippen LogP contribution in [-0.2, 0) is 20.9 Å². The van der Waals surface area contributed by atoms with Gasteiger partial charge in [0.15, 0.2) is 0 Å². The van der Waals surface area contributed by atoms with Crippen LogP contribution in [0.5, 0.6) is 0 Å². The van der Waals surface area contributed by atoms with E-state index in [1.807, 2.05) is 30.3 Å². The summed E-state index contributed by atoms with van der Waals surface area (Å²) in [6.07, 6.45) is 0.795. The molecule has 5 nitrogen and oxygen atoms in total. The zero-order valence-corrected chi connectivity index (χ0v) is 10.8. The number of hydrogen-bond donors (Lipinski definition) is 1. The lowest BCUT2D eigenvalue weighted by molar-refractivity contribution is -0.146. The van der Waals surface area contributed by atoms with E-state index in [1.54, 1.807) is 0 Å².